The molecule has 2 heterocycles. The molecule has 1 aliphatic rings. The van der Waals surface area contributed by atoms with Gasteiger partial charge in [-0.05, 0) is 36.4 Å². The highest BCUT2D eigenvalue weighted by Crippen LogP contribution is 2.23. The number of halogens is 1. The Morgan fingerprint density at radius 1 is 1.27 bits per heavy atom. The molecule has 30 heavy (non-hydrogen) atoms. The molecule has 2 aromatic rings. The number of anilines is 2. The number of hydrogen-bond acceptors (Lipinski definition) is 6. The highest BCUT2D eigenvalue weighted by atomic mass is 35.5. The molecule has 1 aromatic heterocycles. The Labute approximate surface area is 181 Å². The van der Waals surface area contributed by atoms with Crippen LogP contribution in [0.25, 0.3) is 0 Å². The van der Waals surface area contributed by atoms with Crippen molar-refractivity contribution in [1.29, 1.82) is 0 Å². The predicted molar refractivity (Wildman–Crippen MR) is 113 cm³/mol. The van der Waals surface area contributed by atoms with Crippen LogP contribution < -0.4 is 15.1 Å². The van der Waals surface area contributed by atoms with Gasteiger partial charge in [-0.3, -0.25) is 14.5 Å². The molecular weight excluding hydrogens is 434 g/mol. The first-order valence-electron chi connectivity index (χ1n) is 9.05. The zero-order chi connectivity index (χ0) is 21.7. The number of carboxylic acid groups (broad SMARTS) is 1. The van der Waals surface area contributed by atoms with Crippen LogP contribution in [-0.2, 0) is 9.53 Å². The zero-order valence-electron chi connectivity index (χ0n) is 15.8. The van der Waals surface area contributed by atoms with Crippen molar-refractivity contribution in [3.8, 4) is 0 Å². The minimum atomic E-state index is -1.25. The fourth-order valence-corrected chi connectivity index (χ4v) is 3.87. The Morgan fingerprint density at radius 3 is 2.60 bits per heavy atom. The molecule has 11 heteroatoms. The van der Waals surface area contributed by atoms with E-state index in [1.807, 2.05) is 0 Å². The molecular formula is C19H20ClN3O6S. The molecule has 3 N–H and O–H groups in total. The summed E-state index contributed by atoms with van der Waals surface area (Å²) in [7, 11) is 0. The molecule has 0 saturated carbocycles. The lowest BCUT2D eigenvalue weighted by Crippen LogP contribution is -2.42. The third-order valence-electron chi connectivity index (χ3n) is 4.38. The quantitative estimate of drug-likeness (QED) is 0.590. The third-order valence-corrected chi connectivity index (χ3v) is 5.61. The molecule has 9 nitrogen and oxygen atoms in total. The normalized spacial score (nSPS) is 15.0. The maximum Gasteiger partial charge on any atom is 0.411 e. The van der Waals surface area contributed by atoms with E-state index < -0.39 is 18.1 Å². The summed E-state index contributed by atoms with van der Waals surface area (Å²) in [4.78, 5) is 38.6. The van der Waals surface area contributed by atoms with Crippen LogP contribution >= 0.6 is 22.9 Å². The van der Waals surface area contributed by atoms with Gasteiger partial charge in [-0.25, -0.2) is 4.79 Å². The number of nitrogens with zero attached hydrogens (tertiary/aromatic N) is 2. The SMILES string of the molecule is O=C(NCC(O)CN(C(=O)O)c1ccc(N2CCOCC2=O)cc1)c1ccc(Cl)s1. The van der Waals surface area contributed by atoms with Crippen molar-refractivity contribution >= 4 is 52.2 Å². The number of carbonyl (C=O) groups excluding carboxylic acids is 2. The molecule has 1 aromatic carbocycles. The van der Waals surface area contributed by atoms with Crippen LogP contribution in [0.4, 0.5) is 16.2 Å². The van der Waals surface area contributed by atoms with E-state index in [4.69, 9.17) is 16.3 Å². The molecule has 1 atom stereocenters. The fourth-order valence-electron chi connectivity index (χ4n) is 2.91. The summed E-state index contributed by atoms with van der Waals surface area (Å²) >= 11 is 6.90. The van der Waals surface area contributed by atoms with E-state index in [2.05, 4.69) is 5.32 Å². The van der Waals surface area contributed by atoms with Gasteiger partial charge in [0.2, 0.25) is 0 Å². The second-order valence-corrected chi connectivity index (χ2v) is 8.19. The van der Waals surface area contributed by atoms with Gasteiger partial charge in [0, 0.05) is 24.5 Å². The first-order valence-corrected chi connectivity index (χ1v) is 10.2. The Bertz CT molecular complexity index is 919. The zero-order valence-corrected chi connectivity index (χ0v) is 17.4. The molecule has 0 radical (unpaired) electrons. The fraction of sp³-hybridized carbons (Fsp3) is 0.316. The summed E-state index contributed by atoms with van der Waals surface area (Å²) in [5.41, 5.74) is 0.974. The lowest BCUT2D eigenvalue weighted by atomic mass is 10.2. The van der Waals surface area contributed by atoms with E-state index in [0.717, 1.165) is 16.2 Å². The average molecular weight is 454 g/mol. The largest absolute Gasteiger partial charge is 0.465 e. The van der Waals surface area contributed by atoms with Crippen LogP contribution in [0.1, 0.15) is 9.67 Å². The summed E-state index contributed by atoms with van der Waals surface area (Å²) in [6.45, 7) is 0.507. The van der Waals surface area contributed by atoms with E-state index in [-0.39, 0.29) is 25.6 Å². The van der Waals surface area contributed by atoms with Crippen LogP contribution in [0.5, 0.6) is 0 Å². The van der Waals surface area contributed by atoms with Gasteiger partial charge in [-0.2, -0.15) is 0 Å². The van der Waals surface area contributed by atoms with E-state index in [9.17, 15) is 24.6 Å². The second kappa shape index (κ2) is 9.90. The van der Waals surface area contributed by atoms with Gasteiger partial charge in [0.1, 0.15) is 6.61 Å². The maximum absolute atomic E-state index is 12.0. The van der Waals surface area contributed by atoms with Crippen molar-refractivity contribution in [2.45, 2.75) is 6.10 Å². The van der Waals surface area contributed by atoms with Gasteiger partial charge in [0.05, 0.1) is 28.5 Å². The monoisotopic (exact) mass is 453 g/mol. The molecule has 0 bridgehead atoms. The molecule has 3 amide bonds. The molecule has 3 rings (SSSR count). The molecule has 1 fully saturated rings. The van der Waals surface area contributed by atoms with E-state index in [1.165, 1.54) is 0 Å². The number of benzene rings is 1. The van der Waals surface area contributed by atoms with Crippen molar-refractivity contribution in [3.05, 3.63) is 45.6 Å². The van der Waals surface area contributed by atoms with E-state index >= 15 is 0 Å². The molecule has 1 unspecified atom stereocenters. The summed E-state index contributed by atoms with van der Waals surface area (Å²) in [6.07, 6.45) is -2.37. The third kappa shape index (κ3) is 5.48. The van der Waals surface area contributed by atoms with Gasteiger partial charge >= 0.3 is 6.09 Å². The lowest BCUT2D eigenvalue weighted by Gasteiger charge is -2.28. The summed E-state index contributed by atoms with van der Waals surface area (Å²) in [5.74, 6) is -0.561. The first-order chi connectivity index (χ1) is 14.3. The van der Waals surface area contributed by atoms with Crippen molar-refractivity contribution in [2.75, 3.05) is 42.6 Å². The molecule has 0 spiro atoms. The minimum absolute atomic E-state index is 0.0125. The van der Waals surface area contributed by atoms with Crippen molar-refractivity contribution in [3.63, 3.8) is 0 Å². The summed E-state index contributed by atoms with van der Waals surface area (Å²) in [6, 6.07) is 9.57. The standard InChI is InChI=1S/C19H20ClN3O6S/c20-16-6-5-15(30-16)18(26)21-9-14(24)10-23(19(27)28)13-3-1-12(2-4-13)22-7-8-29-11-17(22)25/h1-6,14,24H,7-11H2,(H,21,26)(H,27,28). The Hall–Kier alpha value is -2.66. The molecule has 1 aliphatic heterocycles. The van der Waals surface area contributed by atoms with Crippen LogP contribution in [0, 0.1) is 0 Å². The Morgan fingerprint density at radius 2 is 2.00 bits per heavy atom. The number of morpholine rings is 1. The van der Waals surface area contributed by atoms with Crippen molar-refractivity contribution < 1.29 is 29.3 Å². The van der Waals surface area contributed by atoms with Crippen LogP contribution in [0.15, 0.2) is 36.4 Å². The van der Waals surface area contributed by atoms with Crippen LogP contribution in [0.2, 0.25) is 4.34 Å². The van der Waals surface area contributed by atoms with Crippen LogP contribution in [0.3, 0.4) is 0 Å². The predicted octanol–water partition coefficient (Wildman–Crippen LogP) is 2.04. The number of nitrogens with one attached hydrogen (secondary N) is 1. The smallest absolute Gasteiger partial charge is 0.411 e. The topological polar surface area (TPSA) is 119 Å². The molecule has 160 valence electrons. The Kier molecular flexibility index (Phi) is 7.27. The number of rotatable bonds is 7. The number of aliphatic hydroxyl groups is 1. The van der Waals surface area contributed by atoms with Gasteiger partial charge in [-0.1, -0.05) is 11.6 Å². The Balaban J connectivity index is 1.60. The van der Waals surface area contributed by atoms with Gasteiger partial charge in [0.25, 0.3) is 11.8 Å². The molecule has 1 saturated heterocycles. The maximum atomic E-state index is 12.0. The highest BCUT2D eigenvalue weighted by Gasteiger charge is 2.22. The first kappa shape index (κ1) is 22.0. The second-order valence-electron chi connectivity index (χ2n) is 6.48. The van der Waals surface area contributed by atoms with Gasteiger partial charge in [0.15, 0.2) is 0 Å². The van der Waals surface area contributed by atoms with Gasteiger partial charge in [-0.15, -0.1) is 11.3 Å². The minimum Gasteiger partial charge on any atom is -0.465 e. The summed E-state index contributed by atoms with van der Waals surface area (Å²) in [5, 5.41) is 22.3. The van der Waals surface area contributed by atoms with Crippen LogP contribution in [-0.4, -0.2) is 67.1 Å². The lowest BCUT2D eigenvalue weighted by molar-refractivity contribution is -0.125. The van der Waals surface area contributed by atoms with Crippen molar-refractivity contribution in [1.82, 2.24) is 5.32 Å². The summed E-state index contributed by atoms with van der Waals surface area (Å²) < 4.78 is 5.57. The number of amides is 3. The highest BCUT2D eigenvalue weighted by molar-refractivity contribution is 7.18. The molecule has 0 aliphatic carbocycles. The van der Waals surface area contributed by atoms with Crippen molar-refractivity contribution in [2.24, 2.45) is 0 Å². The number of aliphatic hydroxyl groups excluding tert-OH is 1. The number of ether oxygens (including phenoxy) is 1. The number of hydrogen-bond donors (Lipinski definition) is 3. The number of thiophene rings is 1. The number of carbonyl (C=O) groups is 3. The van der Waals surface area contributed by atoms with E-state index in [1.54, 1.807) is 41.3 Å². The van der Waals surface area contributed by atoms with Gasteiger partial charge < -0.3 is 25.2 Å². The average Bonchev–Trinajstić information content (AvgIpc) is 3.17. The van der Waals surface area contributed by atoms with E-state index in [0.29, 0.717) is 33.7 Å².